The number of para-hydroxylation sites is 2. The molecule has 0 unspecified atom stereocenters. The number of anilines is 2. The Hall–Kier alpha value is -3.60. The van der Waals surface area contributed by atoms with Crippen LogP contribution >= 0.6 is 0 Å². The van der Waals surface area contributed by atoms with Gasteiger partial charge in [0.25, 0.3) is 0 Å². The number of carbonyl (C=O) groups is 2. The van der Waals surface area contributed by atoms with Crippen molar-refractivity contribution in [3.05, 3.63) is 72.3 Å². The minimum absolute atomic E-state index is 0.122. The van der Waals surface area contributed by atoms with Gasteiger partial charge in [-0.25, -0.2) is 0 Å². The van der Waals surface area contributed by atoms with Gasteiger partial charge in [0.2, 0.25) is 11.8 Å². The number of aromatic nitrogens is 1. The van der Waals surface area contributed by atoms with Gasteiger partial charge in [-0.15, -0.1) is 0 Å². The van der Waals surface area contributed by atoms with E-state index < -0.39 is 5.92 Å². The first-order valence-electron chi connectivity index (χ1n) is 9.86. The number of aryl methyl sites for hydroxylation is 1. The Balaban J connectivity index is 1.43. The van der Waals surface area contributed by atoms with Crippen LogP contribution in [0.15, 0.2) is 66.7 Å². The molecule has 3 aromatic carbocycles. The molecule has 0 aliphatic carbocycles. The summed E-state index contributed by atoms with van der Waals surface area (Å²) < 4.78 is 2.27. The van der Waals surface area contributed by atoms with Crippen LogP contribution in [0.3, 0.4) is 0 Å². The van der Waals surface area contributed by atoms with Gasteiger partial charge in [0.1, 0.15) is 0 Å². The summed E-state index contributed by atoms with van der Waals surface area (Å²) in [5.41, 5.74) is 4.76. The lowest BCUT2D eigenvalue weighted by atomic mass is 9.97. The molecule has 144 valence electrons. The number of amides is 2. The van der Waals surface area contributed by atoms with Crippen molar-refractivity contribution in [3.63, 3.8) is 0 Å². The summed E-state index contributed by atoms with van der Waals surface area (Å²) in [4.78, 5) is 25.0. The van der Waals surface area contributed by atoms with Crippen LogP contribution in [0.4, 0.5) is 11.4 Å². The van der Waals surface area contributed by atoms with Crippen LogP contribution in [-0.4, -0.2) is 16.4 Å². The van der Waals surface area contributed by atoms with E-state index in [9.17, 15) is 9.59 Å². The quantitative estimate of drug-likeness (QED) is 0.528. The van der Waals surface area contributed by atoms with Gasteiger partial charge in [0.05, 0.1) is 5.92 Å². The van der Waals surface area contributed by atoms with Crippen molar-refractivity contribution in [1.29, 1.82) is 0 Å². The van der Waals surface area contributed by atoms with Crippen LogP contribution in [0.25, 0.3) is 21.8 Å². The second kappa shape index (κ2) is 6.78. The first-order chi connectivity index (χ1) is 14.2. The Labute approximate surface area is 168 Å². The fourth-order valence-electron chi connectivity index (χ4n) is 4.35. The van der Waals surface area contributed by atoms with E-state index >= 15 is 0 Å². The zero-order chi connectivity index (χ0) is 20.0. The topological polar surface area (TPSA) is 63.1 Å². The largest absolute Gasteiger partial charge is 0.341 e. The van der Waals surface area contributed by atoms with Crippen LogP contribution in [0.1, 0.15) is 24.8 Å². The first kappa shape index (κ1) is 17.5. The molecule has 4 aromatic rings. The molecule has 1 aromatic heterocycles. The molecular weight excluding hydrogens is 362 g/mol. The first-order valence-corrected chi connectivity index (χ1v) is 9.86. The number of nitrogens with one attached hydrogen (secondary N) is 2. The van der Waals surface area contributed by atoms with Crippen molar-refractivity contribution >= 4 is 45.0 Å². The molecule has 5 rings (SSSR count). The SMILES string of the molecule is CCn1c2ccccc2c2cc(NC(=O)C[C@@H]3C(=O)Nc4ccccc43)ccc21. The van der Waals surface area contributed by atoms with Crippen LogP contribution in [0.2, 0.25) is 0 Å². The van der Waals surface area contributed by atoms with Gasteiger partial charge in [-0.1, -0.05) is 36.4 Å². The van der Waals surface area contributed by atoms with Gasteiger partial charge in [-0.05, 0) is 42.8 Å². The Bertz CT molecular complexity index is 1270. The second-order valence-electron chi connectivity index (χ2n) is 7.37. The van der Waals surface area contributed by atoms with Crippen LogP contribution in [-0.2, 0) is 16.1 Å². The second-order valence-corrected chi connectivity index (χ2v) is 7.37. The molecule has 1 aliphatic rings. The summed E-state index contributed by atoms with van der Waals surface area (Å²) >= 11 is 0. The summed E-state index contributed by atoms with van der Waals surface area (Å²) in [7, 11) is 0. The number of fused-ring (bicyclic) bond motifs is 4. The summed E-state index contributed by atoms with van der Waals surface area (Å²) in [5.74, 6) is -0.736. The number of rotatable bonds is 4. The molecule has 1 aliphatic heterocycles. The molecule has 0 bridgehead atoms. The van der Waals surface area contributed by atoms with Crippen LogP contribution < -0.4 is 10.6 Å². The average molecular weight is 383 g/mol. The summed E-state index contributed by atoms with van der Waals surface area (Å²) in [5, 5.41) is 8.11. The fraction of sp³-hybridized carbons (Fsp3) is 0.167. The van der Waals surface area contributed by atoms with Crippen molar-refractivity contribution < 1.29 is 9.59 Å². The zero-order valence-electron chi connectivity index (χ0n) is 16.1. The smallest absolute Gasteiger partial charge is 0.232 e. The predicted molar refractivity (Wildman–Crippen MR) is 116 cm³/mol. The Morgan fingerprint density at radius 1 is 1.00 bits per heavy atom. The number of hydrogen-bond acceptors (Lipinski definition) is 2. The van der Waals surface area contributed by atoms with Gasteiger partial charge in [0.15, 0.2) is 0 Å². The molecule has 1 atom stereocenters. The number of benzene rings is 3. The molecule has 0 spiro atoms. The van der Waals surface area contributed by atoms with Crippen LogP contribution in [0.5, 0.6) is 0 Å². The van der Waals surface area contributed by atoms with Gasteiger partial charge in [0, 0.05) is 46.1 Å². The lowest BCUT2D eigenvalue weighted by Gasteiger charge is -2.10. The third kappa shape index (κ3) is 2.86. The highest BCUT2D eigenvalue weighted by molar-refractivity contribution is 6.10. The van der Waals surface area contributed by atoms with Gasteiger partial charge in [-0.2, -0.15) is 0 Å². The minimum Gasteiger partial charge on any atom is -0.341 e. The highest BCUT2D eigenvalue weighted by Crippen LogP contribution is 2.35. The van der Waals surface area contributed by atoms with E-state index in [0.29, 0.717) is 0 Å². The summed E-state index contributed by atoms with van der Waals surface area (Å²) in [6, 6.07) is 21.8. The van der Waals surface area contributed by atoms with Crippen molar-refractivity contribution in [1.82, 2.24) is 4.57 Å². The fourth-order valence-corrected chi connectivity index (χ4v) is 4.35. The molecule has 2 heterocycles. The van der Waals surface area contributed by atoms with E-state index in [0.717, 1.165) is 34.4 Å². The van der Waals surface area contributed by atoms with Gasteiger partial charge < -0.3 is 15.2 Å². The Morgan fingerprint density at radius 3 is 2.62 bits per heavy atom. The molecule has 2 amide bonds. The minimum atomic E-state index is -0.447. The summed E-state index contributed by atoms with van der Waals surface area (Å²) in [6.07, 6.45) is 0.123. The Kier molecular flexibility index (Phi) is 4.09. The highest BCUT2D eigenvalue weighted by atomic mass is 16.2. The van der Waals surface area contributed by atoms with E-state index in [2.05, 4.69) is 34.3 Å². The normalized spacial score (nSPS) is 15.5. The molecule has 5 heteroatoms. The van der Waals surface area contributed by atoms with E-state index in [-0.39, 0.29) is 18.2 Å². The third-order valence-electron chi connectivity index (χ3n) is 5.67. The number of hydrogen-bond donors (Lipinski definition) is 2. The molecular formula is C24H21N3O2. The van der Waals surface area contributed by atoms with E-state index in [4.69, 9.17) is 0 Å². The maximum Gasteiger partial charge on any atom is 0.232 e. The average Bonchev–Trinajstić information content (AvgIpc) is 3.22. The standard InChI is InChI=1S/C24H21N3O2/c1-2-27-21-10-6-4-8-17(21)18-13-15(11-12-22(18)27)25-23(28)14-19-16-7-3-5-9-20(16)26-24(19)29/h3-13,19H,2,14H2,1H3,(H,25,28)(H,26,29)/t19-/m0/s1. The van der Waals surface area contributed by atoms with E-state index in [1.165, 1.54) is 10.9 Å². The predicted octanol–water partition coefficient (Wildman–Crippen LogP) is 4.88. The maximum atomic E-state index is 12.7. The molecule has 0 saturated carbocycles. The van der Waals surface area contributed by atoms with Crippen molar-refractivity contribution in [2.75, 3.05) is 10.6 Å². The molecule has 5 nitrogen and oxygen atoms in total. The molecule has 2 N–H and O–H groups in total. The monoisotopic (exact) mass is 383 g/mol. The summed E-state index contributed by atoms with van der Waals surface area (Å²) in [6.45, 7) is 3.01. The molecule has 0 fully saturated rings. The van der Waals surface area contributed by atoms with Crippen molar-refractivity contribution in [2.45, 2.75) is 25.8 Å². The van der Waals surface area contributed by atoms with E-state index in [1.54, 1.807) is 0 Å². The van der Waals surface area contributed by atoms with Crippen molar-refractivity contribution in [2.24, 2.45) is 0 Å². The molecule has 0 saturated heterocycles. The third-order valence-corrected chi connectivity index (χ3v) is 5.67. The van der Waals surface area contributed by atoms with Crippen molar-refractivity contribution in [3.8, 4) is 0 Å². The lowest BCUT2D eigenvalue weighted by molar-refractivity contribution is -0.122. The highest BCUT2D eigenvalue weighted by Gasteiger charge is 2.31. The molecule has 29 heavy (non-hydrogen) atoms. The zero-order valence-corrected chi connectivity index (χ0v) is 16.1. The number of carbonyl (C=O) groups excluding carboxylic acids is 2. The molecule has 0 radical (unpaired) electrons. The lowest BCUT2D eigenvalue weighted by Crippen LogP contribution is -2.20. The maximum absolute atomic E-state index is 12.7. The Morgan fingerprint density at radius 2 is 1.76 bits per heavy atom. The van der Waals surface area contributed by atoms with Gasteiger partial charge in [-0.3, -0.25) is 9.59 Å². The van der Waals surface area contributed by atoms with E-state index in [1.807, 2.05) is 54.6 Å². The van der Waals surface area contributed by atoms with Crippen LogP contribution in [0, 0.1) is 0 Å². The number of nitrogens with zero attached hydrogens (tertiary/aromatic N) is 1. The van der Waals surface area contributed by atoms with Gasteiger partial charge >= 0.3 is 0 Å².